The van der Waals surface area contributed by atoms with Crippen LogP contribution in [0.5, 0.6) is 5.19 Å². The van der Waals surface area contributed by atoms with Gasteiger partial charge in [0.2, 0.25) is 0 Å². The molecule has 2 heterocycles. The van der Waals surface area contributed by atoms with Crippen LogP contribution < -0.4 is 4.74 Å². The maximum atomic E-state index is 12.7. The van der Waals surface area contributed by atoms with Crippen molar-refractivity contribution in [3.05, 3.63) is 41.4 Å². The zero-order valence-corrected chi connectivity index (χ0v) is 8.00. The zero-order chi connectivity index (χ0) is 9.80. The van der Waals surface area contributed by atoms with Crippen molar-refractivity contribution in [2.45, 2.75) is 6.61 Å². The van der Waals surface area contributed by atoms with Crippen LogP contribution in [0.1, 0.15) is 5.56 Å². The van der Waals surface area contributed by atoms with E-state index in [2.05, 4.69) is 9.97 Å². The molecule has 2 aromatic heterocycles. The monoisotopic (exact) mass is 210 g/mol. The summed E-state index contributed by atoms with van der Waals surface area (Å²) < 4.78 is 18.0. The molecule has 0 aromatic carbocycles. The Labute approximate surface area is 84.2 Å². The highest BCUT2D eigenvalue weighted by Crippen LogP contribution is 2.15. The maximum absolute atomic E-state index is 12.7. The number of halogens is 1. The molecule has 0 unspecified atom stereocenters. The van der Waals surface area contributed by atoms with E-state index in [0.29, 0.717) is 10.8 Å². The summed E-state index contributed by atoms with van der Waals surface area (Å²) in [5, 5.41) is 2.40. The Bertz CT molecular complexity index is 405. The Morgan fingerprint density at radius 1 is 1.43 bits per heavy atom. The largest absolute Gasteiger partial charge is 0.465 e. The molecule has 0 atom stereocenters. The quantitative estimate of drug-likeness (QED) is 0.779. The van der Waals surface area contributed by atoms with Gasteiger partial charge in [-0.3, -0.25) is 4.98 Å². The summed E-state index contributed by atoms with van der Waals surface area (Å²) in [5.74, 6) is -0.356. The molecule has 0 amide bonds. The molecule has 14 heavy (non-hydrogen) atoms. The van der Waals surface area contributed by atoms with Crippen molar-refractivity contribution in [1.29, 1.82) is 0 Å². The summed E-state index contributed by atoms with van der Waals surface area (Å²) in [6.45, 7) is 0.290. The van der Waals surface area contributed by atoms with Crippen LogP contribution in [0.2, 0.25) is 0 Å². The fourth-order valence-corrected chi connectivity index (χ4v) is 1.45. The van der Waals surface area contributed by atoms with Crippen LogP contribution in [0, 0.1) is 5.82 Å². The molecular formula is C9H7FN2OS. The van der Waals surface area contributed by atoms with Crippen molar-refractivity contribution in [2.75, 3.05) is 0 Å². The highest BCUT2D eigenvalue weighted by molar-refractivity contribution is 7.11. The molecule has 5 heteroatoms. The van der Waals surface area contributed by atoms with Gasteiger partial charge in [-0.1, -0.05) is 11.3 Å². The number of aromatic nitrogens is 2. The second-order valence-electron chi connectivity index (χ2n) is 2.60. The summed E-state index contributed by atoms with van der Waals surface area (Å²) in [6, 6.07) is 1.39. The van der Waals surface area contributed by atoms with Crippen molar-refractivity contribution in [3.8, 4) is 5.19 Å². The summed E-state index contributed by atoms with van der Waals surface area (Å²) in [5.41, 5.74) is 0.695. The number of rotatable bonds is 3. The average molecular weight is 210 g/mol. The summed E-state index contributed by atoms with van der Waals surface area (Å²) >= 11 is 1.40. The van der Waals surface area contributed by atoms with Crippen molar-refractivity contribution >= 4 is 11.3 Å². The van der Waals surface area contributed by atoms with Crippen molar-refractivity contribution in [3.63, 3.8) is 0 Å². The topological polar surface area (TPSA) is 35.0 Å². The fraction of sp³-hybridized carbons (Fsp3) is 0.111. The van der Waals surface area contributed by atoms with Crippen LogP contribution in [-0.4, -0.2) is 9.97 Å². The molecule has 0 aliphatic heterocycles. The third kappa shape index (κ3) is 2.26. The highest BCUT2D eigenvalue weighted by Gasteiger charge is 1.99. The van der Waals surface area contributed by atoms with E-state index >= 15 is 0 Å². The number of hydrogen-bond donors (Lipinski definition) is 0. The molecule has 0 aliphatic rings. The maximum Gasteiger partial charge on any atom is 0.273 e. The van der Waals surface area contributed by atoms with E-state index < -0.39 is 0 Å². The van der Waals surface area contributed by atoms with Crippen LogP contribution in [-0.2, 0) is 6.61 Å². The van der Waals surface area contributed by atoms with E-state index in [1.807, 2.05) is 5.38 Å². The molecule has 0 aliphatic carbocycles. The van der Waals surface area contributed by atoms with Gasteiger partial charge in [0.05, 0.1) is 6.20 Å². The number of nitrogens with zero attached hydrogens (tertiary/aromatic N) is 2. The van der Waals surface area contributed by atoms with Crippen molar-refractivity contribution in [2.24, 2.45) is 0 Å². The predicted molar refractivity (Wildman–Crippen MR) is 50.6 cm³/mol. The highest BCUT2D eigenvalue weighted by atomic mass is 32.1. The lowest BCUT2D eigenvalue weighted by molar-refractivity contribution is 0.303. The van der Waals surface area contributed by atoms with E-state index in [4.69, 9.17) is 4.74 Å². The van der Waals surface area contributed by atoms with Crippen molar-refractivity contribution < 1.29 is 9.13 Å². The van der Waals surface area contributed by atoms with Gasteiger partial charge in [0.15, 0.2) is 0 Å². The summed E-state index contributed by atoms with van der Waals surface area (Å²) in [6.07, 6.45) is 4.38. The molecule has 0 spiro atoms. The summed E-state index contributed by atoms with van der Waals surface area (Å²) in [4.78, 5) is 7.65. The Morgan fingerprint density at radius 3 is 3.07 bits per heavy atom. The van der Waals surface area contributed by atoms with E-state index in [1.165, 1.54) is 17.4 Å². The molecule has 3 nitrogen and oxygen atoms in total. The predicted octanol–water partition coefficient (Wildman–Crippen LogP) is 2.26. The third-order valence-electron chi connectivity index (χ3n) is 1.53. The zero-order valence-electron chi connectivity index (χ0n) is 7.18. The molecule has 0 saturated heterocycles. The lowest BCUT2D eigenvalue weighted by Gasteiger charge is -2.01. The summed E-state index contributed by atoms with van der Waals surface area (Å²) in [7, 11) is 0. The van der Waals surface area contributed by atoms with Gasteiger partial charge in [-0.2, -0.15) is 0 Å². The first-order chi connectivity index (χ1) is 6.84. The van der Waals surface area contributed by atoms with Crippen LogP contribution in [0.15, 0.2) is 30.0 Å². The van der Waals surface area contributed by atoms with Crippen LogP contribution in [0.3, 0.4) is 0 Å². The smallest absolute Gasteiger partial charge is 0.273 e. The minimum absolute atomic E-state index is 0.290. The molecule has 2 rings (SSSR count). The number of pyridine rings is 1. The van der Waals surface area contributed by atoms with Gasteiger partial charge >= 0.3 is 0 Å². The Kier molecular flexibility index (Phi) is 2.69. The van der Waals surface area contributed by atoms with Gasteiger partial charge in [-0.25, -0.2) is 9.37 Å². The van der Waals surface area contributed by atoms with Gasteiger partial charge in [-0.05, 0) is 6.07 Å². The second-order valence-corrected chi connectivity index (χ2v) is 3.46. The third-order valence-corrected chi connectivity index (χ3v) is 2.22. The lowest BCUT2D eigenvalue weighted by Crippen LogP contribution is -1.96. The van der Waals surface area contributed by atoms with Crippen LogP contribution in [0.4, 0.5) is 4.39 Å². The minimum Gasteiger partial charge on any atom is -0.465 e. The SMILES string of the molecule is Fc1cncc(COc2nccs2)c1. The van der Waals surface area contributed by atoms with Crippen LogP contribution in [0.25, 0.3) is 0 Å². The molecule has 0 N–H and O–H groups in total. The number of ether oxygens (including phenoxy) is 1. The van der Waals surface area contributed by atoms with E-state index in [-0.39, 0.29) is 12.4 Å². The van der Waals surface area contributed by atoms with Gasteiger partial charge in [-0.15, -0.1) is 0 Å². The Morgan fingerprint density at radius 2 is 2.36 bits per heavy atom. The lowest BCUT2D eigenvalue weighted by atomic mass is 10.3. The van der Waals surface area contributed by atoms with E-state index in [0.717, 1.165) is 6.20 Å². The van der Waals surface area contributed by atoms with Gasteiger partial charge in [0, 0.05) is 23.3 Å². The van der Waals surface area contributed by atoms with Gasteiger partial charge in [0.25, 0.3) is 5.19 Å². The second kappa shape index (κ2) is 4.15. The first-order valence-corrected chi connectivity index (χ1v) is 4.84. The number of thiazole rings is 1. The number of hydrogen-bond acceptors (Lipinski definition) is 4. The van der Waals surface area contributed by atoms with E-state index in [1.54, 1.807) is 12.4 Å². The minimum atomic E-state index is -0.356. The average Bonchev–Trinajstić information content (AvgIpc) is 2.67. The Balaban J connectivity index is 1.98. The molecule has 2 aromatic rings. The normalized spacial score (nSPS) is 10.1. The van der Waals surface area contributed by atoms with E-state index in [9.17, 15) is 4.39 Å². The molecule has 0 radical (unpaired) electrons. The van der Waals surface area contributed by atoms with Crippen LogP contribution >= 0.6 is 11.3 Å². The van der Waals surface area contributed by atoms with Gasteiger partial charge < -0.3 is 4.74 Å². The first kappa shape index (κ1) is 9.08. The Hall–Kier alpha value is -1.49. The van der Waals surface area contributed by atoms with Gasteiger partial charge in [0.1, 0.15) is 12.4 Å². The molecule has 0 fully saturated rings. The fourth-order valence-electron chi connectivity index (χ4n) is 0.962. The van der Waals surface area contributed by atoms with Crippen molar-refractivity contribution in [1.82, 2.24) is 9.97 Å². The molecular weight excluding hydrogens is 203 g/mol. The molecule has 0 saturated carbocycles. The molecule has 0 bridgehead atoms. The molecule has 72 valence electrons. The standard InChI is InChI=1S/C9H7FN2OS/c10-8-3-7(4-11-5-8)6-13-9-12-1-2-14-9/h1-5H,6H2. The first-order valence-electron chi connectivity index (χ1n) is 3.96.